The van der Waals surface area contributed by atoms with E-state index in [-0.39, 0.29) is 5.91 Å². The van der Waals surface area contributed by atoms with E-state index in [1.807, 2.05) is 39.1 Å². The minimum absolute atomic E-state index is 0.0529. The van der Waals surface area contributed by atoms with Gasteiger partial charge in [0.2, 0.25) is 5.91 Å². The highest BCUT2D eigenvalue weighted by molar-refractivity contribution is 5.90. The van der Waals surface area contributed by atoms with Crippen molar-refractivity contribution in [3.63, 3.8) is 0 Å². The summed E-state index contributed by atoms with van der Waals surface area (Å²) in [6, 6.07) is 8.17. The van der Waals surface area contributed by atoms with Crippen molar-refractivity contribution < 1.29 is 4.79 Å². The van der Waals surface area contributed by atoms with Crippen LogP contribution in [0.3, 0.4) is 0 Å². The molecule has 0 fully saturated rings. The summed E-state index contributed by atoms with van der Waals surface area (Å²) in [5.41, 5.74) is 6.28. The molecule has 3 heteroatoms. The third kappa shape index (κ3) is 2.99. The highest BCUT2D eigenvalue weighted by Gasteiger charge is 2.07. The molecule has 1 aromatic carbocycles. The van der Waals surface area contributed by atoms with Crippen molar-refractivity contribution in [2.75, 3.05) is 5.32 Å². The van der Waals surface area contributed by atoms with Gasteiger partial charge in [-0.2, -0.15) is 0 Å². The summed E-state index contributed by atoms with van der Waals surface area (Å²) < 4.78 is 0. The molecule has 0 spiro atoms. The number of benzene rings is 1. The van der Waals surface area contributed by atoms with Gasteiger partial charge in [0.05, 0.1) is 0 Å². The Morgan fingerprint density at radius 1 is 1.11 bits per heavy atom. The first kappa shape index (κ1) is 13.3. The van der Waals surface area contributed by atoms with Gasteiger partial charge in [-0.25, -0.2) is 0 Å². The van der Waals surface area contributed by atoms with Crippen LogP contribution in [0, 0.1) is 20.8 Å². The first-order chi connectivity index (χ1) is 8.97. The number of anilines is 1. The molecule has 19 heavy (non-hydrogen) atoms. The number of carbonyl (C=O) groups is 1. The van der Waals surface area contributed by atoms with Crippen LogP contribution in [0.5, 0.6) is 0 Å². The topological polar surface area (TPSA) is 42.0 Å². The summed E-state index contributed by atoms with van der Waals surface area (Å²) in [4.78, 5) is 15.5. The Labute approximate surface area is 113 Å². The van der Waals surface area contributed by atoms with Crippen molar-refractivity contribution in [2.45, 2.75) is 27.7 Å². The first-order valence-corrected chi connectivity index (χ1v) is 6.29. The lowest BCUT2D eigenvalue weighted by Gasteiger charge is -2.11. The van der Waals surface area contributed by atoms with E-state index >= 15 is 0 Å². The van der Waals surface area contributed by atoms with E-state index in [0.717, 1.165) is 33.6 Å². The van der Waals surface area contributed by atoms with Crippen molar-refractivity contribution in [1.29, 1.82) is 0 Å². The van der Waals surface area contributed by atoms with E-state index < -0.39 is 0 Å². The highest BCUT2D eigenvalue weighted by Crippen LogP contribution is 2.28. The van der Waals surface area contributed by atoms with Gasteiger partial charge in [0.25, 0.3) is 0 Å². The lowest BCUT2D eigenvalue weighted by atomic mass is 9.99. The molecular weight excluding hydrogens is 236 g/mol. The SMILES string of the molecule is CC(=O)Nc1cc(-c2cc(C)ncc2C)ccc1C. The van der Waals surface area contributed by atoms with Crippen LogP contribution in [0.1, 0.15) is 23.7 Å². The van der Waals surface area contributed by atoms with Crippen LogP contribution < -0.4 is 5.32 Å². The minimum atomic E-state index is -0.0529. The van der Waals surface area contributed by atoms with Crippen molar-refractivity contribution in [3.05, 3.63) is 47.3 Å². The molecule has 1 heterocycles. The van der Waals surface area contributed by atoms with E-state index in [4.69, 9.17) is 0 Å². The Balaban J connectivity index is 2.51. The molecule has 98 valence electrons. The zero-order valence-corrected chi connectivity index (χ0v) is 11.7. The Morgan fingerprint density at radius 3 is 2.53 bits per heavy atom. The van der Waals surface area contributed by atoms with Gasteiger partial charge < -0.3 is 5.32 Å². The molecule has 3 nitrogen and oxygen atoms in total. The Morgan fingerprint density at radius 2 is 1.84 bits per heavy atom. The number of rotatable bonds is 2. The first-order valence-electron chi connectivity index (χ1n) is 6.29. The van der Waals surface area contributed by atoms with Crippen LogP contribution in [-0.4, -0.2) is 10.9 Å². The molecule has 0 atom stereocenters. The maximum atomic E-state index is 11.2. The number of amides is 1. The zero-order chi connectivity index (χ0) is 14.0. The number of aromatic nitrogens is 1. The summed E-state index contributed by atoms with van der Waals surface area (Å²) >= 11 is 0. The van der Waals surface area contributed by atoms with E-state index in [9.17, 15) is 4.79 Å². The fourth-order valence-electron chi connectivity index (χ4n) is 2.05. The van der Waals surface area contributed by atoms with E-state index in [0.29, 0.717) is 0 Å². The largest absolute Gasteiger partial charge is 0.326 e. The second-order valence-corrected chi connectivity index (χ2v) is 4.85. The van der Waals surface area contributed by atoms with E-state index in [1.54, 1.807) is 0 Å². The van der Waals surface area contributed by atoms with Crippen molar-refractivity contribution in [2.24, 2.45) is 0 Å². The maximum Gasteiger partial charge on any atom is 0.221 e. The van der Waals surface area contributed by atoms with Gasteiger partial charge in [-0.1, -0.05) is 12.1 Å². The number of nitrogens with zero attached hydrogens (tertiary/aromatic N) is 1. The van der Waals surface area contributed by atoms with Gasteiger partial charge in [0.15, 0.2) is 0 Å². The standard InChI is InChI=1S/C16H18N2O/c1-10-5-6-14(8-16(10)18-13(4)19)15-7-12(3)17-9-11(15)2/h5-9H,1-4H3,(H,18,19). The zero-order valence-electron chi connectivity index (χ0n) is 11.7. The van der Waals surface area contributed by atoms with Gasteiger partial charge >= 0.3 is 0 Å². The van der Waals surface area contributed by atoms with Crippen LogP contribution >= 0.6 is 0 Å². The third-order valence-corrected chi connectivity index (χ3v) is 3.10. The number of pyridine rings is 1. The number of carbonyl (C=O) groups excluding carboxylic acids is 1. The van der Waals surface area contributed by atoms with E-state index in [2.05, 4.69) is 22.4 Å². The maximum absolute atomic E-state index is 11.2. The quantitative estimate of drug-likeness (QED) is 0.889. The minimum Gasteiger partial charge on any atom is -0.326 e. The fourth-order valence-corrected chi connectivity index (χ4v) is 2.05. The lowest BCUT2D eigenvalue weighted by molar-refractivity contribution is -0.114. The van der Waals surface area contributed by atoms with Crippen LogP contribution in [0.25, 0.3) is 11.1 Å². The van der Waals surface area contributed by atoms with Crippen LogP contribution in [0.15, 0.2) is 30.5 Å². The van der Waals surface area contributed by atoms with Gasteiger partial charge in [-0.05, 0) is 55.2 Å². The van der Waals surface area contributed by atoms with E-state index in [1.165, 1.54) is 6.92 Å². The Bertz CT molecular complexity index is 633. The van der Waals surface area contributed by atoms with Crippen molar-refractivity contribution in [1.82, 2.24) is 4.98 Å². The summed E-state index contributed by atoms with van der Waals surface area (Å²) in [6.45, 7) is 7.53. The van der Waals surface area contributed by atoms with Gasteiger partial charge in [0, 0.05) is 24.5 Å². The number of nitrogens with one attached hydrogen (secondary N) is 1. The summed E-state index contributed by atoms with van der Waals surface area (Å²) in [5.74, 6) is -0.0529. The molecule has 0 aliphatic heterocycles. The van der Waals surface area contributed by atoms with Gasteiger partial charge in [0.1, 0.15) is 0 Å². The second-order valence-electron chi connectivity index (χ2n) is 4.85. The normalized spacial score (nSPS) is 10.3. The van der Waals surface area contributed by atoms with Crippen LogP contribution in [0.2, 0.25) is 0 Å². The number of hydrogen-bond acceptors (Lipinski definition) is 2. The third-order valence-electron chi connectivity index (χ3n) is 3.10. The average molecular weight is 254 g/mol. The average Bonchev–Trinajstić information content (AvgIpc) is 2.34. The fraction of sp³-hybridized carbons (Fsp3) is 0.250. The van der Waals surface area contributed by atoms with Crippen molar-refractivity contribution >= 4 is 11.6 Å². The second kappa shape index (κ2) is 5.22. The van der Waals surface area contributed by atoms with Crippen molar-refractivity contribution in [3.8, 4) is 11.1 Å². The number of hydrogen-bond donors (Lipinski definition) is 1. The molecule has 1 amide bonds. The summed E-state index contributed by atoms with van der Waals surface area (Å²) in [7, 11) is 0. The monoisotopic (exact) mass is 254 g/mol. The Kier molecular flexibility index (Phi) is 3.65. The van der Waals surface area contributed by atoms with Gasteiger partial charge in [-0.15, -0.1) is 0 Å². The smallest absolute Gasteiger partial charge is 0.221 e. The lowest BCUT2D eigenvalue weighted by Crippen LogP contribution is -2.07. The summed E-state index contributed by atoms with van der Waals surface area (Å²) in [5, 5.41) is 2.86. The van der Waals surface area contributed by atoms with Crippen LogP contribution in [-0.2, 0) is 4.79 Å². The molecule has 0 aliphatic carbocycles. The van der Waals surface area contributed by atoms with Crippen LogP contribution in [0.4, 0.5) is 5.69 Å². The molecule has 1 N–H and O–H groups in total. The molecule has 0 aliphatic rings. The molecule has 0 bridgehead atoms. The highest BCUT2D eigenvalue weighted by atomic mass is 16.1. The molecule has 2 rings (SSSR count). The molecule has 0 saturated heterocycles. The summed E-state index contributed by atoms with van der Waals surface area (Å²) in [6.07, 6.45) is 1.88. The predicted octanol–water partition coefficient (Wildman–Crippen LogP) is 3.63. The molecule has 0 unspecified atom stereocenters. The molecule has 2 aromatic rings. The molecule has 0 radical (unpaired) electrons. The Hall–Kier alpha value is -2.16. The molecule has 1 aromatic heterocycles. The molecular formula is C16H18N2O. The number of aryl methyl sites for hydroxylation is 3. The molecule has 0 saturated carbocycles. The van der Waals surface area contributed by atoms with Gasteiger partial charge in [-0.3, -0.25) is 9.78 Å². The predicted molar refractivity (Wildman–Crippen MR) is 78.2 cm³/mol.